The molecule has 2 atom stereocenters. The molecular weight excluding hydrogens is 300 g/mol. The van der Waals surface area contributed by atoms with Gasteiger partial charge in [0.2, 0.25) is 0 Å². The zero-order valence-electron chi connectivity index (χ0n) is 9.81. The van der Waals surface area contributed by atoms with Gasteiger partial charge in [-0.1, -0.05) is 0 Å². The molecule has 1 fully saturated rings. The summed E-state index contributed by atoms with van der Waals surface area (Å²) in [7, 11) is 0. The monoisotopic (exact) mass is 318 g/mol. The molecule has 3 nitrogen and oxygen atoms in total. The molecule has 0 amide bonds. The first kappa shape index (κ1) is 13.5. The summed E-state index contributed by atoms with van der Waals surface area (Å²) in [5.41, 5.74) is 5.92. The van der Waals surface area contributed by atoms with E-state index in [-0.39, 0.29) is 0 Å². The van der Waals surface area contributed by atoms with Crippen LogP contribution in [0.15, 0.2) is 15.9 Å². The van der Waals surface area contributed by atoms with Crippen LogP contribution in [0.2, 0.25) is 0 Å². The molecule has 96 valence electrons. The van der Waals surface area contributed by atoms with Crippen molar-refractivity contribution in [2.24, 2.45) is 11.7 Å². The Morgan fingerprint density at radius 3 is 3.06 bits per heavy atom. The Hall–Kier alpha value is 0.0600. The van der Waals surface area contributed by atoms with E-state index in [1.807, 2.05) is 0 Å². The highest BCUT2D eigenvalue weighted by Gasteiger charge is 2.26. The summed E-state index contributed by atoms with van der Waals surface area (Å²) in [6.45, 7) is 2.99. The third kappa shape index (κ3) is 3.29. The smallest absolute Gasteiger partial charge is 0.0564 e. The van der Waals surface area contributed by atoms with E-state index in [1.165, 1.54) is 4.88 Å². The number of halogens is 1. The quantitative estimate of drug-likeness (QED) is 0.895. The summed E-state index contributed by atoms with van der Waals surface area (Å²) in [5, 5.41) is 11.4. The van der Waals surface area contributed by atoms with E-state index in [9.17, 15) is 5.11 Å². The van der Waals surface area contributed by atoms with Gasteiger partial charge in [-0.15, -0.1) is 11.3 Å². The first-order valence-electron chi connectivity index (χ1n) is 6.03. The number of piperidine rings is 1. The lowest BCUT2D eigenvalue weighted by Gasteiger charge is -2.36. The van der Waals surface area contributed by atoms with Crippen molar-refractivity contribution in [2.45, 2.75) is 18.9 Å². The van der Waals surface area contributed by atoms with Crippen LogP contribution in [0.5, 0.6) is 0 Å². The van der Waals surface area contributed by atoms with Gasteiger partial charge in [-0.05, 0) is 47.3 Å². The van der Waals surface area contributed by atoms with Crippen molar-refractivity contribution >= 4 is 27.3 Å². The van der Waals surface area contributed by atoms with Gasteiger partial charge in [0.15, 0.2) is 0 Å². The Balaban J connectivity index is 2.07. The fourth-order valence-corrected chi connectivity index (χ4v) is 4.07. The number of hydrogen-bond donors (Lipinski definition) is 2. The molecule has 2 unspecified atom stereocenters. The highest BCUT2D eigenvalue weighted by atomic mass is 79.9. The molecule has 2 heterocycles. The van der Waals surface area contributed by atoms with Crippen LogP contribution in [0.25, 0.3) is 0 Å². The molecule has 0 spiro atoms. The van der Waals surface area contributed by atoms with Gasteiger partial charge < -0.3 is 10.8 Å². The SMILES string of the molecule is NCC(c1cc(Br)cs1)N1CCCC(CO)C1. The number of hydrogen-bond acceptors (Lipinski definition) is 4. The summed E-state index contributed by atoms with van der Waals surface area (Å²) < 4.78 is 1.13. The molecule has 17 heavy (non-hydrogen) atoms. The molecule has 1 aliphatic rings. The highest BCUT2D eigenvalue weighted by Crippen LogP contribution is 2.31. The molecule has 0 radical (unpaired) electrons. The molecular formula is C12H19BrN2OS. The first-order chi connectivity index (χ1) is 8.24. The average Bonchev–Trinajstić information content (AvgIpc) is 2.77. The van der Waals surface area contributed by atoms with E-state index >= 15 is 0 Å². The van der Waals surface area contributed by atoms with Gasteiger partial charge in [-0.3, -0.25) is 4.90 Å². The predicted molar refractivity (Wildman–Crippen MR) is 75.2 cm³/mol. The van der Waals surface area contributed by atoms with Gasteiger partial charge in [0.05, 0.1) is 6.04 Å². The summed E-state index contributed by atoms with van der Waals surface area (Å²) >= 11 is 5.24. The Labute approximate surface area is 115 Å². The number of aliphatic hydroxyl groups is 1. The van der Waals surface area contributed by atoms with E-state index in [2.05, 4.69) is 32.3 Å². The molecule has 1 aliphatic heterocycles. The topological polar surface area (TPSA) is 49.5 Å². The number of nitrogens with zero attached hydrogens (tertiary/aromatic N) is 1. The number of likely N-dealkylation sites (tertiary alicyclic amines) is 1. The maximum Gasteiger partial charge on any atom is 0.0564 e. The minimum atomic E-state index is 0.294. The maximum absolute atomic E-state index is 9.28. The molecule has 3 N–H and O–H groups in total. The Morgan fingerprint density at radius 2 is 2.47 bits per heavy atom. The molecule has 1 aromatic heterocycles. The van der Waals surface area contributed by atoms with Crippen LogP contribution >= 0.6 is 27.3 Å². The van der Waals surface area contributed by atoms with Crippen LogP contribution in [0.4, 0.5) is 0 Å². The first-order valence-corrected chi connectivity index (χ1v) is 7.70. The van der Waals surface area contributed by atoms with Crippen LogP contribution in [0.1, 0.15) is 23.8 Å². The minimum absolute atomic E-state index is 0.294. The van der Waals surface area contributed by atoms with Crippen LogP contribution in [0.3, 0.4) is 0 Å². The second kappa shape index (κ2) is 6.29. The number of aliphatic hydroxyl groups excluding tert-OH is 1. The molecule has 1 saturated heterocycles. The van der Waals surface area contributed by atoms with Gasteiger partial charge in [0, 0.05) is 34.4 Å². The molecule has 0 bridgehead atoms. The lowest BCUT2D eigenvalue weighted by molar-refractivity contribution is 0.0912. The molecule has 1 aromatic rings. The van der Waals surface area contributed by atoms with Gasteiger partial charge >= 0.3 is 0 Å². The van der Waals surface area contributed by atoms with Crippen LogP contribution in [0, 0.1) is 5.92 Å². The second-order valence-electron chi connectivity index (χ2n) is 4.60. The van der Waals surface area contributed by atoms with Crippen molar-refractivity contribution in [3.8, 4) is 0 Å². The van der Waals surface area contributed by atoms with Crippen molar-refractivity contribution in [3.63, 3.8) is 0 Å². The fraction of sp³-hybridized carbons (Fsp3) is 0.667. The van der Waals surface area contributed by atoms with Crippen LogP contribution in [-0.4, -0.2) is 36.2 Å². The standard InChI is InChI=1S/C12H19BrN2OS/c13-10-4-12(17-8-10)11(5-14)15-3-1-2-9(6-15)7-16/h4,8-9,11,16H,1-3,5-7,14H2. The second-order valence-corrected chi connectivity index (χ2v) is 6.46. The Kier molecular flexibility index (Phi) is 4.99. The van der Waals surface area contributed by atoms with Crippen molar-refractivity contribution in [3.05, 3.63) is 20.8 Å². The van der Waals surface area contributed by atoms with Gasteiger partial charge in [0.1, 0.15) is 0 Å². The predicted octanol–water partition coefficient (Wildman–Crippen LogP) is 2.21. The molecule has 0 aromatic carbocycles. The zero-order chi connectivity index (χ0) is 12.3. The van der Waals surface area contributed by atoms with Crippen molar-refractivity contribution in [2.75, 3.05) is 26.2 Å². The van der Waals surface area contributed by atoms with E-state index in [4.69, 9.17) is 5.73 Å². The lowest BCUT2D eigenvalue weighted by atomic mass is 9.97. The average molecular weight is 319 g/mol. The van der Waals surface area contributed by atoms with Crippen LogP contribution in [-0.2, 0) is 0 Å². The fourth-order valence-electron chi connectivity index (χ4n) is 2.48. The summed E-state index contributed by atoms with van der Waals surface area (Å²) in [4.78, 5) is 3.74. The van der Waals surface area contributed by atoms with E-state index in [0.717, 1.165) is 30.4 Å². The van der Waals surface area contributed by atoms with E-state index < -0.39 is 0 Å². The van der Waals surface area contributed by atoms with E-state index in [1.54, 1.807) is 11.3 Å². The van der Waals surface area contributed by atoms with Crippen LogP contribution < -0.4 is 5.73 Å². The largest absolute Gasteiger partial charge is 0.396 e. The molecule has 0 saturated carbocycles. The summed E-state index contributed by atoms with van der Waals surface area (Å²) in [5.74, 6) is 0.418. The highest BCUT2D eigenvalue weighted by molar-refractivity contribution is 9.10. The third-order valence-corrected chi connectivity index (χ3v) is 5.18. The molecule has 2 rings (SSSR count). The Morgan fingerprint density at radius 1 is 1.65 bits per heavy atom. The van der Waals surface area contributed by atoms with Gasteiger partial charge in [-0.2, -0.15) is 0 Å². The third-order valence-electron chi connectivity index (χ3n) is 3.39. The maximum atomic E-state index is 9.28. The zero-order valence-corrected chi connectivity index (χ0v) is 12.2. The van der Waals surface area contributed by atoms with Gasteiger partial charge in [-0.25, -0.2) is 0 Å². The number of thiophene rings is 1. The van der Waals surface area contributed by atoms with E-state index in [0.29, 0.717) is 25.1 Å². The van der Waals surface area contributed by atoms with Crippen molar-refractivity contribution in [1.29, 1.82) is 0 Å². The normalized spacial score (nSPS) is 23.8. The van der Waals surface area contributed by atoms with Crippen molar-refractivity contribution in [1.82, 2.24) is 4.90 Å². The van der Waals surface area contributed by atoms with Gasteiger partial charge in [0.25, 0.3) is 0 Å². The summed E-state index contributed by atoms with van der Waals surface area (Å²) in [6, 6.07) is 2.46. The lowest BCUT2D eigenvalue weighted by Crippen LogP contribution is -2.41. The van der Waals surface area contributed by atoms with Crippen molar-refractivity contribution < 1.29 is 5.11 Å². The molecule has 5 heteroatoms. The minimum Gasteiger partial charge on any atom is -0.396 e. The number of rotatable bonds is 4. The Bertz CT molecular complexity index is 358. The summed E-state index contributed by atoms with van der Waals surface area (Å²) in [6.07, 6.45) is 2.30. The molecule has 0 aliphatic carbocycles. The number of nitrogens with two attached hydrogens (primary N) is 1.